The van der Waals surface area contributed by atoms with Crippen LogP contribution < -0.4 is 10.3 Å². The van der Waals surface area contributed by atoms with E-state index in [0.717, 1.165) is 16.6 Å². The summed E-state index contributed by atoms with van der Waals surface area (Å²) < 4.78 is 0. The van der Waals surface area contributed by atoms with Crippen LogP contribution >= 0.6 is 23.2 Å². The van der Waals surface area contributed by atoms with Crippen LogP contribution in [-0.2, 0) is 4.79 Å². The predicted molar refractivity (Wildman–Crippen MR) is 101 cm³/mol. The lowest BCUT2D eigenvalue weighted by Crippen LogP contribution is -2.29. The third kappa shape index (κ3) is 3.91. The van der Waals surface area contributed by atoms with Crippen LogP contribution in [0.4, 0.5) is 11.4 Å². The molecule has 0 saturated carbocycles. The number of hydrogen-bond acceptors (Lipinski definition) is 5. The molecule has 0 spiro atoms. The molecular weight excluding hydrogens is 395 g/mol. The summed E-state index contributed by atoms with van der Waals surface area (Å²) in [7, 11) is 0. The average molecular weight is 407 g/mol. The highest BCUT2D eigenvalue weighted by molar-refractivity contribution is 6.44. The minimum absolute atomic E-state index is 0.0782. The molecule has 1 heterocycles. The smallest absolute Gasteiger partial charge is 0.270 e. The summed E-state index contributed by atoms with van der Waals surface area (Å²) in [4.78, 5) is 34.8. The molecular formula is C17H12Cl2N4O4. The van der Waals surface area contributed by atoms with Gasteiger partial charge in [-0.3, -0.25) is 19.7 Å². The molecule has 1 aliphatic heterocycles. The number of aryl methyl sites for hydroxylation is 1. The Balaban J connectivity index is 1.84. The number of hydrazone groups is 1. The highest BCUT2D eigenvalue weighted by Gasteiger charge is 2.29. The van der Waals surface area contributed by atoms with Crippen molar-refractivity contribution in [2.24, 2.45) is 5.10 Å². The first-order valence-corrected chi connectivity index (χ1v) is 8.43. The zero-order valence-electron chi connectivity index (χ0n) is 13.9. The van der Waals surface area contributed by atoms with E-state index in [-0.39, 0.29) is 33.6 Å². The Morgan fingerprint density at radius 3 is 2.74 bits per heavy atom. The Bertz CT molecular complexity index is 1010. The van der Waals surface area contributed by atoms with Crippen LogP contribution in [0.5, 0.6) is 0 Å². The van der Waals surface area contributed by atoms with Crippen molar-refractivity contribution in [3.05, 3.63) is 67.7 Å². The van der Waals surface area contributed by atoms with Gasteiger partial charge in [0, 0.05) is 17.7 Å². The van der Waals surface area contributed by atoms with E-state index in [0.29, 0.717) is 5.69 Å². The van der Waals surface area contributed by atoms with Crippen molar-refractivity contribution in [3.8, 4) is 0 Å². The van der Waals surface area contributed by atoms with E-state index in [9.17, 15) is 19.7 Å². The Labute approximate surface area is 163 Å². The molecule has 0 aliphatic carbocycles. The zero-order chi connectivity index (χ0) is 19.7. The van der Waals surface area contributed by atoms with Gasteiger partial charge in [-0.05, 0) is 30.7 Å². The maximum atomic E-state index is 12.3. The number of non-ortho nitro benzene ring substituents is 1. The molecule has 10 heteroatoms. The van der Waals surface area contributed by atoms with Crippen molar-refractivity contribution >= 4 is 52.2 Å². The lowest BCUT2D eigenvalue weighted by molar-refractivity contribution is -0.384. The van der Waals surface area contributed by atoms with Crippen LogP contribution in [0.25, 0.3) is 0 Å². The fourth-order valence-electron chi connectivity index (χ4n) is 2.51. The average Bonchev–Trinajstić information content (AvgIpc) is 2.98. The first-order chi connectivity index (χ1) is 12.8. The van der Waals surface area contributed by atoms with E-state index in [4.69, 9.17) is 23.2 Å². The van der Waals surface area contributed by atoms with Gasteiger partial charge in [0.15, 0.2) is 0 Å². The number of nitrogens with zero attached hydrogens (tertiary/aromatic N) is 3. The minimum atomic E-state index is -0.611. The molecule has 2 amide bonds. The Morgan fingerprint density at radius 2 is 2.04 bits per heavy atom. The van der Waals surface area contributed by atoms with Crippen molar-refractivity contribution < 1.29 is 14.5 Å². The Hall–Kier alpha value is -2.97. The molecule has 0 aromatic heterocycles. The number of amidine groups is 1. The SMILES string of the molecule is Cc1cc(Cl)c(Cl)c(N2N=C(NC(=O)c3cccc([N+](=O)[O-])c3)CC2=O)c1. The van der Waals surface area contributed by atoms with Crippen LogP contribution in [0.2, 0.25) is 10.0 Å². The summed E-state index contributed by atoms with van der Waals surface area (Å²) in [5.74, 6) is -0.904. The number of hydrogen-bond donors (Lipinski definition) is 1. The summed E-state index contributed by atoms with van der Waals surface area (Å²) in [6, 6.07) is 8.55. The molecule has 8 nitrogen and oxygen atoms in total. The zero-order valence-corrected chi connectivity index (χ0v) is 15.4. The summed E-state index contributed by atoms with van der Waals surface area (Å²) in [5.41, 5.74) is 0.965. The van der Waals surface area contributed by atoms with E-state index in [1.807, 2.05) is 0 Å². The van der Waals surface area contributed by atoms with Crippen LogP contribution in [0.1, 0.15) is 22.3 Å². The number of anilines is 1. The predicted octanol–water partition coefficient (Wildman–Crippen LogP) is 3.69. The van der Waals surface area contributed by atoms with Crippen molar-refractivity contribution in [1.82, 2.24) is 5.32 Å². The molecule has 1 aliphatic rings. The highest BCUT2D eigenvalue weighted by Crippen LogP contribution is 2.35. The van der Waals surface area contributed by atoms with Crippen molar-refractivity contribution in [1.29, 1.82) is 0 Å². The number of nitro groups is 1. The number of carbonyl (C=O) groups excluding carboxylic acids is 2. The number of rotatable bonds is 3. The van der Waals surface area contributed by atoms with Crippen LogP contribution in [0, 0.1) is 17.0 Å². The maximum Gasteiger partial charge on any atom is 0.270 e. The fraction of sp³-hybridized carbons (Fsp3) is 0.118. The second-order valence-electron chi connectivity index (χ2n) is 5.77. The third-order valence-electron chi connectivity index (χ3n) is 3.73. The van der Waals surface area contributed by atoms with E-state index in [1.165, 1.54) is 18.2 Å². The second-order valence-corrected chi connectivity index (χ2v) is 6.56. The van der Waals surface area contributed by atoms with E-state index in [2.05, 4.69) is 10.4 Å². The molecule has 27 heavy (non-hydrogen) atoms. The number of nitrogens with one attached hydrogen (secondary N) is 1. The number of benzene rings is 2. The topological polar surface area (TPSA) is 105 Å². The number of amides is 2. The summed E-state index contributed by atoms with van der Waals surface area (Å²) in [5, 5.41) is 18.9. The quantitative estimate of drug-likeness (QED) is 0.619. The van der Waals surface area contributed by atoms with E-state index in [1.54, 1.807) is 19.1 Å². The Morgan fingerprint density at radius 1 is 1.30 bits per heavy atom. The van der Waals surface area contributed by atoms with Gasteiger partial charge in [-0.2, -0.15) is 10.1 Å². The molecule has 2 aromatic rings. The standard InChI is InChI=1S/C17H12Cl2N4O4/c1-9-5-12(18)16(19)13(6-9)22-15(24)8-14(21-22)20-17(25)10-3-2-4-11(7-10)23(26)27/h2-7H,8H2,1H3,(H,20,21,25). The van der Waals surface area contributed by atoms with Crippen molar-refractivity contribution in [2.45, 2.75) is 13.3 Å². The largest absolute Gasteiger partial charge is 0.308 e. The molecule has 0 bridgehead atoms. The van der Waals surface area contributed by atoms with Gasteiger partial charge < -0.3 is 5.32 Å². The molecule has 0 atom stereocenters. The number of halogens is 2. The van der Waals surface area contributed by atoms with Gasteiger partial charge in [0.25, 0.3) is 17.5 Å². The van der Waals surface area contributed by atoms with Gasteiger partial charge in [-0.25, -0.2) is 0 Å². The Kier molecular flexibility index (Phi) is 5.11. The van der Waals surface area contributed by atoms with Gasteiger partial charge in [0.1, 0.15) is 5.84 Å². The molecule has 0 radical (unpaired) electrons. The van der Waals surface area contributed by atoms with E-state index >= 15 is 0 Å². The highest BCUT2D eigenvalue weighted by atomic mass is 35.5. The fourth-order valence-corrected chi connectivity index (χ4v) is 2.97. The lowest BCUT2D eigenvalue weighted by Gasteiger charge is -2.15. The van der Waals surface area contributed by atoms with Gasteiger partial charge in [-0.1, -0.05) is 29.3 Å². The first-order valence-electron chi connectivity index (χ1n) is 7.68. The molecule has 0 unspecified atom stereocenters. The normalized spacial score (nSPS) is 13.5. The summed E-state index contributed by atoms with van der Waals surface area (Å²) >= 11 is 12.2. The number of nitro benzene ring substituents is 1. The molecule has 1 N–H and O–H groups in total. The van der Waals surface area contributed by atoms with Crippen molar-refractivity contribution in [2.75, 3.05) is 5.01 Å². The summed E-state index contributed by atoms with van der Waals surface area (Å²) in [6.45, 7) is 1.79. The van der Waals surface area contributed by atoms with Crippen LogP contribution in [-0.4, -0.2) is 22.6 Å². The van der Waals surface area contributed by atoms with Crippen LogP contribution in [0.15, 0.2) is 41.5 Å². The second kappa shape index (κ2) is 7.34. The molecule has 0 saturated heterocycles. The maximum absolute atomic E-state index is 12.3. The molecule has 3 rings (SSSR count). The molecule has 0 fully saturated rings. The number of carbonyl (C=O) groups is 2. The van der Waals surface area contributed by atoms with Gasteiger partial charge in [0.2, 0.25) is 0 Å². The minimum Gasteiger partial charge on any atom is -0.308 e. The summed E-state index contributed by atoms with van der Waals surface area (Å²) in [6.07, 6.45) is -0.150. The monoisotopic (exact) mass is 406 g/mol. The first kappa shape index (κ1) is 18.8. The van der Waals surface area contributed by atoms with Gasteiger partial charge in [0.05, 0.1) is 27.1 Å². The van der Waals surface area contributed by atoms with E-state index < -0.39 is 16.7 Å². The van der Waals surface area contributed by atoms with Crippen molar-refractivity contribution in [3.63, 3.8) is 0 Å². The van der Waals surface area contributed by atoms with Gasteiger partial charge >= 0.3 is 0 Å². The van der Waals surface area contributed by atoms with Crippen LogP contribution in [0.3, 0.4) is 0 Å². The van der Waals surface area contributed by atoms with Gasteiger partial charge in [-0.15, -0.1) is 0 Å². The molecule has 2 aromatic carbocycles. The molecule has 138 valence electrons. The third-order valence-corrected chi connectivity index (χ3v) is 4.53. The lowest BCUT2D eigenvalue weighted by atomic mass is 10.2.